The maximum absolute atomic E-state index is 13.1. The third kappa shape index (κ3) is 3.55. The predicted molar refractivity (Wildman–Crippen MR) is 126 cm³/mol. The van der Waals surface area contributed by atoms with E-state index in [0.717, 1.165) is 0 Å². The molecule has 2 aliphatic rings. The molecule has 0 saturated carbocycles. The molecule has 1 amide bonds. The first-order valence-corrected chi connectivity index (χ1v) is 11.4. The van der Waals surface area contributed by atoms with Gasteiger partial charge < -0.3 is 30.6 Å². The van der Waals surface area contributed by atoms with Crippen LogP contribution in [0.25, 0.3) is 22.3 Å². The Balaban J connectivity index is 1.28. The molecule has 11 nitrogen and oxygen atoms in total. The van der Waals surface area contributed by atoms with Gasteiger partial charge in [0, 0.05) is 31.0 Å². The van der Waals surface area contributed by atoms with Crippen LogP contribution in [0.2, 0.25) is 0 Å². The number of rotatable bonds is 4. The molecule has 0 bridgehead atoms. The Morgan fingerprint density at radius 1 is 1.14 bits per heavy atom. The number of nitrogens with one attached hydrogen (secondary N) is 1. The maximum Gasteiger partial charge on any atom is 0.252 e. The van der Waals surface area contributed by atoms with E-state index in [1.54, 1.807) is 28.7 Å². The zero-order chi connectivity index (χ0) is 24.3. The number of hydrogen-bond donors (Lipinski definition) is 4. The van der Waals surface area contributed by atoms with Gasteiger partial charge in [-0.1, -0.05) is 24.3 Å². The molecular weight excluding hydrogens is 450 g/mol. The zero-order valence-corrected chi connectivity index (χ0v) is 18.9. The Kier molecular flexibility index (Phi) is 5.06. The van der Waals surface area contributed by atoms with Crippen molar-refractivity contribution in [3.05, 3.63) is 60.2 Å². The highest BCUT2D eigenvalue weighted by Gasteiger charge is 2.48. The summed E-state index contributed by atoms with van der Waals surface area (Å²) in [5, 5.41) is 29.6. The van der Waals surface area contributed by atoms with Crippen LogP contribution in [0, 0.1) is 0 Å². The molecule has 180 valence electrons. The lowest BCUT2D eigenvalue weighted by atomic mass is 10.1. The molecule has 5 N–H and O–H groups in total. The molecule has 1 aliphatic heterocycles. The van der Waals surface area contributed by atoms with Gasteiger partial charge in [0.15, 0.2) is 12.3 Å². The molecule has 0 unspecified atom stereocenters. The summed E-state index contributed by atoms with van der Waals surface area (Å²) in [6.07, 6.45) is 1.15. The molecule has 6 rings (SSSR count). The van der Waals surface area contributed by atoms with Crippen molar-refractivity contribution in [1.82, 2.24) is 29.6 Å². The third-order valence-corrected chi connectivity index (χ3v) is 6.80. The summed E-state index contributed by atoms with van der Waals surface area (Å²) >= 11 is 0. The van der Waals surface area contributed by atoms with Crippen LogP contribution in [0.1, 0.15) is 17.4 Å². The van der Waals surface area contributed by atoms with E-state index in [1.807, 2.05) is 30.3 Å². The third-order valence-electron chi connectivity index (χ3n) is 6.80. The van der Waals surface area contributed by atoms with Crippen molar-refractivity contribution in [2.45, 2.75) is 43.4 Å². The maximum atomic E-state index is 13.1. The van der Waals surface area contributed by atoms with Crippen LogP contribution < -0.4 is 11.1 Å². The van der Waals surface area contributed by atoms with Gasteiger partial charge in [-0.05, 0) is 30.0 Å². The van der Waals surface area contributed by atoms with E-state index in [-0.39, 0.29) is 11.9 Å². The summed E-state index contributed by atoms with van der Waals surface area (Å²) in [6.45, 7) is 0. The van der Waals surface area contributed by atoms with Gasteiger partial charge in [0.05, 0.1) is 11.1 Å². The number of nitrogens with zero attached hydrogens (tertiary/aromatic N) is 5. The van der Waals surface area contributed by atoms with Crippen molar-refractivity contribution in [3.8, 4) is 11.3 Å². The number of carbonyl (C=O) groups is 1. The summed E-state index contributed by atoms with van der Waals surface area (Å²) in [6, 6.07) is 9.78. The Labute approximate surface area is 200 Å². The second-order valence-electron chi connectivity index (χ2n) is 9.09. The fourth-order valence-corrected chi connectivity index (χ4v) is 5.11. The smallest absolute Gasteiger partial charge is 0.252 e. The molecule has 0 radical (unpaired) electrons. The Morgan fingerprint density at radius 2 is 1.89 bits per heavy atom. The van der Waals surface area contributed by atoms with E-state index < -0.39 is 30.4 Å². The molecule has 4 heterocycles. The molecule has 4 aromatic rings. The Bertz CT molecular complexity index is 1410. The molecule has 1 fully saturated rings. The largest absolute Gasteiger partial charge is 0.387 e. The standard InChI is InChI=1S/C24H25N7O4/c1-30-7-6-16(29-30)15-10-31(22-17(15)21(25)26-11-27-22)24-19(33)18(32)20(35-24)23(34)28-14-8-12-4-2-3-5-13(12)9-14/h2-7,10-11,14,18-20,24,32-33H,8-9H2,1H3,(H,28,34)(H2,25,26,27)/t18-,19+,20-,24+/m0/s1. The van der Waals surface area contributed by atoms with Gasteiger partial charge in [-0.15, -0.1) is 0 Å². The van der Waals surface area contributed by atoms with E-state index >= 15 is 0 Å². The first-order chi connectivity index (χ1) is 16.9. The number of benzene rings is 1. The number of carbonyl (C=O) groups excluding carboxylic acids is 1. The van der Waals surface area contributed by atoms with Crippen LogP contribution in [0.5, 0.6) is 0 Å². The number of amides is 1. The van der Waals surface area contributed by atoms with Crippen LogP contribution in [0.3, 0.4) is 0 Å². The molecule has 35 heavy (non-hydrogen) atoms. The molecule has 1 saturated heterocycles. The van der Waals surface area contributed by atoms with E-state index in [9.17, 15) is 15.0 Å². The van der Waals surface area contributed by atoms with E-state index in [0.29, 0.717) is 35.1 Å². The molecule has 1 aromatic carbocycles. The molecule has 3 aromatic heterocycles. The quantitative estimate of drug-likeness (QED) is 0.329. The number of fused-ring (bicyclic) bond motifs is 2. The highest BCUT2D eigenvalue weighted by molar-refractivity contribution is 5.99. The van der Waals surface area contributed by atoms with E-state index in [4.69, 9.17) is 10.5 Å². The predicted octanol–water partition coefficient (Wildman–Crippen LogP) is 0.317. The first-order valence-electron chi connectivity index (χ1n) is 11.4. The Morgan fingerprint density at radius 3 is 2.57 bits per heavy atom. The van der Waals surface area contributed by atoms with Crippen molar-refractivity contribution in [1.29, 1.82) is 0 Å². The lowest BCUT2D eigenvalue weighted by molar-refractivity contribution is -0.138. The van der Waals surface area contributed by atoms with Gasteiger partial charge in [0.25, 0.3) is 5.91 Å². The van der Waals surface area contributed by atoms with Crippen LogP contribution in [0.15, 0.2) is 49.1 Å². The number of anilines is 1. The molecule has 0 spiro atoms. The van der Waals surface area contributed by atoms with Crippen molar-refractivity contribution < 1.29 is 19.7 Å². The SMILES string of the molecule is Cn1ccc(-c2cn([C@@H]3O[C@H](C(=O)NC4Cc5ccccc5C4)[C@@H](O)[C@H]3O)c3ncnc(N)c23)n1. The lowest BCUT2D eigenvalue weighted by Gasteiger charge is -2.18. The second-order valence-corrected chi connectivity index (χ2v) is 9.09. The molecule has 1 aliphatic carbocycles. The highest BCUT2D eigenvalue weighted by atomic mass is 16.6. The number of aromatic nitrogens is 5. The number of aliphatic hydroxyl groups is 2. The number of nitrogens with two attached hydrogens (primary N) is 1. The fourth-order valence-electron chi connectivity index (χ4n) is 5.11. The number of aryl methyl sites for hydroxylation is 1. The summed E-state index contributed by atoms with van der Waals surface area (Å²) in [5.74, 6) is -0.218. The van der Waals surface area contributed by atoms with Gasteiger partial charge >= 0.3 is 0 Å². The number of ether oxygens (including phenoxy) is 1. The number of nitrogen functional groups attached to an aromatic ring is 1. The average molecular weight is 476 g/mol. The van der Waals surface area contributed by atoms with Crippen LogP contribution in [0.4, 0.5) is 5.82 Å². The summed E-state index contributed by atoms with van der Waals surface area (Å²) < 4.78 is 9.18. The second kappa shape index (κ2) is 8.15. The minimum Gasteiger partial charge on any atom is -0.387 e. The molecular formula is C24H25N7O4. The lowest BCUT2D eigenvalue weighted by Crippen LogP contribution is -2.46. The first kappa shape index (κ1) is 21.7. The van der Waals surface area contributed by atoms with Crippen LogP contribution in [-0.2, 0) is 29.4 Å². The summed E-state index contributed by atoms with van der Waals surface area (Å²) in [4.78, 5) is 21.5. The minimum atomic E-state index is -1.42. The summed E-state index contributed by atoms with van der Waals surface area (Å²) in [7, 11) is 1.80. The van der Waals surface area contributed by atoms with E-state index in [2.05, 4.69) is 20.4 Å². The monoisotopic (exact) mass is 475 g/mol. The topological polar surface area (TPSA) is 153 Å². The van der Waals surface area contributed by atoms with Gasteiger partial charge in [-0.25, -0.2) is 9.97 Å². The van der Waals surface area contributed by atoms with Crippen molar-refractivity contribution in [2.75, 3.05) is 5.73 Å². The number of aliphatic hydroxyl groups excluding tert-OH is 2. The molecule has 11 heteroatoms. The molecule has 4 atom stereocenters. The summed E-state index contributed by atoms with van der Waals surface area (Å²) in [5.41, 5.74) is 10.3. The van der Waals surface area contributed by atoms with Crippen molar-refractivity contribution >= 4 is 22.8 Å². The van der Waals surface area contributed by atoms with E-state index in [1.165, 1.54) is 17.5 Å². The zero-order valence-electron chi connectivity index (χ0n) is 18.9. The van der Waals surface area contributed by atoms with Gasteiger partial charge in [-0.3, -0.25) is 9.48 Å². The number of hydrogen-bond acceptors (Lipinski definition) is 8. The van der Waals surface area contributed by atoms with Gasteiger partial charge in [0.2, 0.25) is 0 Å². The van der Waals surface area contributed by atoms with Crippen molar-refractivity contribution in [3.63, 3.8) is 0 Å². The normalized spacial score (nSPS) is 24.2. The van der Waals surface area contributed by atoms with Crippen LogP contribution in [-0.4, -0.2) is 64.8 Å². The average Bonchev–Trinajstić information content (AvgIpc) is 3.60. The van der Waals surface area contributed by atoms with Gasteiger partial charge in [-0.2, -0.15) is 5.10 Å². The fraction of sp³-hybridized carbons (Fsp3) is 0.333. The van der Waals surface area contributed by atoms with Gasteiger partial charge in [0.1, 0.15) is 30.0 Å². The highest BCUT2D eigenvalue weighted by Crippen LogP contribution is 2.38. The Hall–Kier alpha value is -3.80. The minimum absolute atomic E-state index is 0.0948. The van der Waals surface area contributed by atoms with Crippen molar-refractivity contribution in [2.24, 2.45) is 7.05 Å². The van der Waals surface area contributed by atoms with Crippen LogP contribution >= 0.6 is 0 Å².